The molecule has 3 aromatic rings. The number of hydrogen-bond acceptors (Lipinski definition) is 5. The van der Waals surface area contributed by atoms with E-state index in [1.165, 1.54) is 12.1 Å². The van der Waals surface area contributed by atoms with Gasteiger partial charge in [-0.1, -0.05) is 46.3 Å². The number of ether oxygens (including phenoxy) is 1. The molecule has 0 spiro atoms. The number of nitrogens with zero attached hydrogens (tertiary/aromatic N) is 2. The average molecular weight is 530 g/mol. The summed E-state index contributed by atoms with van der Waals surface area (Å²) < 4.78 is 34.1. The van der Waals surface area contributed by atoms with Gasteiger partial charge in [0, 0.05) is 4.47 Å². The lowest BCUT2D eigenvalue weighted by Crippen LogP contribution is -2.39. The average Bonchev–Trinajstić information content (AvgIpc) is 2.82. The Morgan fingerprint density at radius 2 is 1.73 bits per heavy atom. The van der Waals surface area contributed by atoms with Crippen LogP contribution < -0.4 is 14.5 Å². The highest BCUT2D eigenvalue weighted by Gasteiger charge is 2.27. The SMILES string of the molecule is CCOc1ccc(N(CC(=O)N/N=C(/C)c2cccc(Br)c2)S(=O)(=O)c2ccccc2)cc1. The van der Waals surface area contributed by atoms with Crippen LogP contribution in [0.15, 0.2) is 93.3 Å². The Balaban J connectivity index is 1.86. The lowest BCUT2D eigenvalue weighted by molar-refractivity contribution is -0.119. The Morgan fingerprint density at radius 1 is 1.03 bits per heavy atom. The van der Waals surface area contributed by atoms with Gasteiger partial charge in [0.05, 0.1) is 22.9 Å². The second-order valence-corrected chi connectivity index (χ2v) is 9.77. The fraction of sp³-hybridized carbons (Fsp3) is 0.167. The standard InChI is InChI=1S/C24H24BrN3O4S/c1-3-32-22-14-12-21(13-15-22)28(33(30,31)23-10-5-4-6-11-23)17-24(29)27-26-18(2)19-8-7-9-20(25)16-19/h4-16H,3,17H2,1-2H3,(H,27,29)/b26-18-. The molecule has 1 N–H and O–H groups in total. The maximum atomic E-state index is 13.3. The highest BCUT2D eigenvalue weighted by molar-refractivity contribution is 9.10. The third-order valence-corrected chi connectivity index (χ3v) is 6.93. The predicted octanol–water partition coefficient (Wildman–Crippen LogP) is 4.58. The molecule has 0 radical (unpaired) electrons. The molecule has 0 atom stereocenters. The number of hydrogen-bond donors (Lipinski definition) is 1. The third kappa shape index (κ3) is 6.43. The molecular formula is C24H24BrN3O4S. The van der Waals surface area contributed by atoms with Crippen LogP contribution in [0.1, 0.15) is 19.4 Å². The number of halogens is 1. The zero-order chi connectivity index (χ0) is 23.8. The number of benzene rings is 3. The van der Waals surface area contributed by atoms with E-state index in [0.717, 1.165) is 14.3 Å². The van der Waals surface area contributed by atoms with Crippen molar-refractivity contribution in [3.63, 3.8) is 0 Å². The van der Waals surface area contributed by atoms with Crippen LogP contribution in [0.5, 0.6) is 5.75 Å². The minimum absolute atomic E-state index is 0.0838. The molecule has 1 amide bonds. The summed E-state index contributed by atoms with van der Waals surface area (Å²) >= 11 is 3.40. The van der Waals surface area contributed by atoms with E-state index in [9.17, 15) is 13.2 Å². The predicted molar refractivity (Wildman–Crippen MR) is 133 cm³/mol. The molecule has 0 aromatic heterocycles. The number of nitrogens with one attached hydrogen (secondary N) is 1. The van der Waals surface area contributed by atoms with E-state index in [1.54, 1.807) is 49.4 Å². The van der Waals surface area contributed by atoms with E-state index >= 15 is 0 Å². The van der Waals surface area contributed by atoms with Crippen LogP contribution in [-0.2, 0) is 14.8 Å². The van der Waals surface area contributed by atoms with Crippen LogP contribution in [0.25, 0.3) is 0 Å². The Kier molecular flexibility index (Phi) is 8.24. The molecule has 0 fully saturated rings. The fourth-order valence-corrected chi connectivity index (χ4v) is 4.84. The first kappa shape index (κ1) is 24.5. The number of sulfonamides is 1. The first-order valence-corrected chi connectivity index (χ1v) is 12.4. The van der Waals surface area contributed by atoms with E-state index in [2.05, 4.69) is 26.5 Å². The van der Waals surface area contributed by atoms with Crippen molar-refractivity contribution in [1.29, 1.82) is 0 Å². The highest BCUT2D eigenvalue weighted by Crippen LogP contribution is 2.25. The summed E-state index contributed by atoms with van der Waals surface area (Å²) in [6.45, 7) is 3.66. The summed E-state index contributed by atoms with van der Waals surface area (Å²) in [5, 5.41) is 4.13. The van der Waals surface area contributed by atoms with E-state index in [4.69, 9.17) is 4.74 Å². The van der Waals surface area contributed by atoms with Gasteiger partial charge >= 0.3 is 0 Å². The summed E-state index contributed by atoms with van der Waals surface area (Å²) in [7, 11) is -3.99. The molecule has 3 rings (SSSR count). The maximum absolute atomic E-state index is 13.3. The lowest BCUT2D eigenvalue weighted by atomic mass is 10.1. The van der Waals surface area contributed by atoms with Gasteiger partial charge < -0.3 is 4.74 Å². The molecule has 3 aromatic carbocycles. The van der Waals surface area contributed by atoms with Crippen molar-refractivity contribution < 1.29 is 17.9 Å². The van der Waals surface area contributed by atoms with Crippen molar-refractivity contribution in [3.8, 4) is 5.75 Å². The fourth-order valence-electron chi connectivity index (χ4n) is 3.00. The molecular weight excluding hydrogens is 506 g/mol. The molecule has 9 heteroatoms. The Labute approximate surface area is 202 Å². The Morgan fingerprint density at radius 3 is 2.36 bits per heavy atom. The molecule has 7 nitrogen and oxygen atoms in total. The van der Waals surface area contributed by atoms with Crippen molar-refractivity contribution in [2.24, 2.45) is 5.10 Å². The van der Waals surface area contributed by atoms with Gasteiger partial charge in [-0.05, 0) is 67.9 Å². The molecule has 0 heterocycles. The quantitative estimate of drug-likeness (QED) is 0.324. The van der Waals surface area contributed by atoms with Gasteiger partial charge in [-0.25, -0.2) is 13.8 Å². The van der Waals surface area contributed by atoms with Crippen molar-refractivity contribution in [3.05, 3.63) is 88.9 Å². The van der Waals surface area contributed by atoms with Gasteiger partial charge in [0.15, 0.2) is 0 Å². The first-order chi connectivity index (χ1) is 15.8. The maximum Gasteiger partial charge on any atom is 0.264 e. The summed E-state index contributed by atoms with van der Waals surface area (Å²) in [4.78, 5) is 12.8. The van der Waals surface area contributed by atoms with Gasteiger partial charge in [0.2, 0.25) is 0 Å². The van der Waals surface area contributed by atoms with Crippen molar-refractivity contribution >= 4 is 43.3 Å². The van der Waals surface area contributed by atoms with Gasteiger partial charge in [0.1, 0.15) is 12.3 Å². The second kappa shape index (κ2) is 11.1. The highest BCUT2D eigenvalue weighted by atomic mass is 79.9. The van der Waals surface area contributed by atoms with Gasteiger partial charge in [-0.15, -0.1) is 0 Å². The summed E-state index contributed by atoms with van der Waals surface area (Å²) in [5.74, 6) is 0.0368. The molecule has 0 unspecified atom stereocenters. The molecule has 0 saturated heterocycles. The smallest absolute Gasteiger partial charge is 0.264 e. The van der Waals surface area contributed by atoms with Gasteiger partial charge in [-0.3, -0.25) is 9.10 Å². The molecule has 172 valence electrons. The number of amides is 1. The van der Waals surface area contributed by atoms with Crippen LogP contribution in [0, 0.1) is 0 Å². The molecule has 0 aliphatic rings. The minimum Gasteiger partial charge on any atom is -0.494 e. The lowest BCUT2D eigenvalue weighted by Gasteiger charge is -2.24. The normalized spacial score (nSPS) is 11.7. The van der Waals surface area contributed by atoms with E-state index in [1.807, 2.05) is 31.2 Å². The Hall–Kier alpha value is -3.17. The number of rotatable bonds is 9. The molecule has 0 bridgehead atoms. The monoisotopic (exact) mass is 529 g/mol. The van der Waals surface area contributed by atoms with E-state index in [0.29, 0.717) is 23.8 Å². The van der Waals surface area contributed by atoms with Crippen LogP contribution in [0.2, 0.25) is 0 Å². The summed E-state index contributed by atoms with van der Waals surface area (Å²) in [6.07, 6.45) is 0. The van der Waals surface area contributed by atoms with Crippen LogP contribution in [-0.4, -0.2) is 33.2 Å². The first-order valence-electron chi connectivity index (χ1n) is 10.2. The van der Waals surface area contributed by atoms with Gasteiger partial charge in [0.25, 0.3) is 15.9 Å². The molecule has 0 aliphatic heterocycles. The topological polar surface area (TPSA) is 88.1 Å². The van der Waals surface area contributed by atoms with Crippen LogP contribution in [0.3, 0.4) is 0 Å². The summed E-state index contributed by atoms with van der Waals surface area (Å²) in [5.41, 5.74) is 4.21. The zero-order valence-corrected chi connectivity index (χ0v) is 20.6. The number of carbonyl (C=O) groups is 1. The van der Waals surface area contributed by atoms with Crippen molar-refractivity contribution in [1.82, 2.24) is 5.43 Å². The van der Waals surface area contributed by atoms with Crippen LogP contribution in [0.4, 0.5) is 5.69 Å². The number of hydrazone groups is 1. The largest absolute Gasteiger partial charge is 0.494 e. The number of anilines is 1. The molecule has 0 aliphatic carbocycles. The third-order valence-electron chi connectivity index (χ3n) is 4.64. The second-order valence-electron chi connectivity index (χ2n) is 6.99. The van der Waals surface area contributed by atoms with Crippen molar-refractivity contribution in [2.45, 2.75) is 18.7 Å². The van der Waals surface area contributed by atoms with E-state index < -0.39 is 22.5 Å². The molecule has 0 saturated carbocycles. The number of carbonyl (C=O) groups excluding carboxylic acids is 1. The Bertz CT molecular complexity index is 1230. The van der Waals surface area contributed by atoms with Crippen LogP contribution >= 0.6 is 15.9 Å². The van der Waals surface area contributed by atoms with E-state index in [-0.39, 0.29) is 4.90 Å². The zero-order valence-electron chi connectivity index (χ0n) is 18.2. The van der Waals surface area contributed by atoms with Crippen molar-refractivity contribution in [2.75, 3.05) is 17.5 Å². The van der Waals surface area contributed by atoms with Gasteiger partial charge in [-0.2, -0.15) is 5.10 Å². The summed E-state index contributed by atoms with van der Waals surface area (Å²) in [6, 6.07) is 22.0. The molecule has 33 heavy (non-hydrogen) atoms. The minimum atomic E-state index is -3.99.